The standard InChI is InChI=1S/C10H5ClF4N2/c11-9-3-7(12)1-2-8(9)6-4-16-17(5-6)10(13,14)15/h1-5H. The van der Waals surface area contributed by atoms with E-state index < -0.39 is 12.1 Å². The van der Waals surface area contributed by atoms with Crippen LogP contribution in [0.1, 0.15) is 0 Å². The van der Waals surface area contributed by atoms with Gasteiger partial charge in [0.1, 0.15) is 5.82 Å². The fourth-order valence-corrected chi connectivity index (χ4v) is 1.60. The van der Waals surface area contributed by atoms with Crippen LogP contribution in [0.2, 0.25) is 5.02 Å². The molecule has 0 aliphatic heterocycles. The summed E-state index contributed by atoms with van der Waals surface area (Å²) in [4.78, 5) is 0. The number of rotatable bonds is 1. The molecule has 0 aliphatic carbocycles. The molecule has 2 nitrogen and oxygen atoms in total. The molecule has 0 spiro atoms. The van der Waals surface area contributed by atoms with Crippen molar-refractivity contribution in [3.63, 3.8) is 0 Å². The summed E-state index contributed by atoms with van der Waals surface area (Å²) < 4.78 is 49.5. The van der Waals surface area contributed by atoms with Crippen molar-refractivity contribution in [3.8, 4) is 11.1 Å². The highest BCUT2D eigenvalue weighted by Gasteiger charge is 2.31. The van der Waals surface area contributed by atoms with E-state index in [0.717, 1.165) is 24.5 Å². The molecule has 0 atom stereocenters. The van der Waals surface area contributed by atoms with Gasteiger partial charge in [-0.15, -0.1) is 13.2 Å². The number of aromatic nitrogens is 2. The van der Waals surface area contributed by atoms with Crippen molar-refractivity contribution >= 4 is 11.6 Å². The smallest absolute Gasteiger partial charge is 0.207 e. The molecule has 0 unspecified atom stereocenters. The molecule has 17 heavy (non-hydrogen) atoms. The maximum atomic E-state index is 12.8. The average Bonchev–Trinajstić information content (AvgIpc) is 2.65. The van der Waals surface area contributed by atoms with Gasteiger partial charge in [0.2, 0.25) is 0 Å². The SMILES string of the molecule is Fc1ccc(-c2cnn(C(F)(F)F)c2)c(Cl)c1. The first kappa shape index (κ1) is 11.9. The quantitative estimate of drug-likeness (QED) is 0.716. The maximum absolute atomic E-state index is 12.8. The summed E-state index contributed by atoms with van der Waals surface area (Å²) in [7, 11) is 0. The van der Waals surface area contributed by atoms with Crippen molar-refractivity contribution in [2.45, 2.75) is 6.30 Å². The first-order chi connectivity index (χ1) is 7.88. The molecule has 0 bridgehead atoms. The second-order valence-corrected chi connectivity index (χ2v) is 3.67. The van der Waals surface area contributed by atoms with E-state index in [0.29, 0.717) is 5.56 Å². The lowest BCUT2D eigenvalue weighted by Gasteiger charge is -2.04. The predicted octanol–water partition coefficient (Wildman–Crippen LogP) is 3.82. The van der Waals surface area contributed by atoms with Gasteiger partial charge in [-0.1, -0.05) is 11.6 Å². The Morgan fingerprint density at radius 3 is 2.47 bits per heavy atom. The molecule has 2 aromatic rings. The highest BCUT2D eigenvalue weighted by atomic mass is 35.5. The van der Waals surface area contributed by atoms with E-state index in [1.165, 1.54) is 6.07 Å². The van der Waals surface area contributed by atoms with Gasteiger partial charge >= 0.3 is 6.30 Å². The van der Waals surface area contributed by atoms with Gasteiger partial charge in [-0.25, -0.2) is 4.39 Å². The summed E-state index contributed by atoms with van der Waals surface area (Å²) in [5, 5.41) is 3.20. The van der Waals surface area contributed by atoms with Crippen LogP contribution in [0.4, 0.5) is 17.6 Å². The Morgan fingerprint density at radius 1 is 1.24 bits per heavy atom. The number of nitrogens with zero attached hydrogens (tertiary/aromatic N) is 2. The first-order valence-corrected chi connectivity index (χ1v) is 4.83. The molecule has 0 saturated carbocycles. The van der Waals surface area contributed by atoms with Crippen LogP contribution < -0.4 is 0 Å². The Labute approximate surface area is 98.4 Å². The topological polar surface area (TPSA) is 17.8 Å². The molecular formula is C10H5ClF4N2. The Hall–Kier alpha value is -1.56. The normalized spacial score (nSPS) is 11.8. The molecule has 0 radical (unpaired) electrons. The number of hydrogen-bond donors (Lipinski definition) is 0. The molecule has 0 amide bonds. The van der Waals surface area contributed by atoms with Crippen LogP contribution in [0, 0.1) is 5.82 Å². The van der Waals surface area contributed by atoms with Gasteiger partial charge in [0, 0.05) is 17.3 Å². The largest absolute Gasteiger partial charge is 0.504 e. The zero-order chi connectivity index (χ0) is 12.6. The molecular weight excluding hydrogens is 260 g/mol. The Morgan fingerprint density at radius 2 is 1.94 bits per heavy atom. The molecule has 0 N–H and O–H groups in total. The monoisotopic (exact) mass is 264 g/mol. The van der Waals surface area contributed by atoms with Gasteiger partial charge in [0.25, 0.3) is 0 Å². The van der Waals surface area contributed by atoms with E-state index in [1.807, 2.05) is 0 Å². The summed E-state index contributed by atoms with van der Waals surface area (Å²) in [6.07, 6.45) is -2.77. The second-order valence-electron chi connectivity index (χ2n) is 3.27. The van der Waals surface area contributed by atoms with E-state index >= 15 is 0 Å². The summed E-state index contributed by atoms with van der Waals surface area (Å²) in [5.74, 6) is -0.554. The molecule has 0 fully saturated rings. The van der Waals surface area contributed by atoms with E-state index in [9.17, 15) is 17.6 Å². The molecule has 1 aromatic carbocycles. The zero-order valence-electron chi connectivity index (χ0n) is 8.17. The first-order valence-electron chi connectivity index (χ1n) is 4.45. The van der Waals surface area contributed by atoms with Crippen LogP contribution in [0.5, 0.6) is 0 Å². The molecule has 1 aromatic heterocycles. The highest BCUT2D eigenvalue weighted by molar-refractivity contribution is 6.33. The summed E-state index contributed by atoms with van der Waals surface area (Å²) in [6, 6.07) is 3.45. The minimum Gasteiger partial charge on any atom is -0.207 e. The van der Waals surface area contributed by atoms with Gasteiger partial charge < -0.3 is 0 Å². The van der Waals surface area contributed by atoms with Gasteiger partial charge in [-0.05, 0) is 18.2 Å². The van der Waals surface area contributed by atoms with Gasteiger partial charge in [-0.2, -0.15) is 9.78 Å². The number of benzene rings is 1. The molecule has 2 rings (SSSR count). The number of halogens is 5. The Bertz CT molecular complexity index is 547. The number of hydrogen-bond acceptors (Lipinski definition) is 1. The Balaban J connectivity index is 2.44. The van der Waals surface area contributed by atoms with Crippen molar-refractivity contribution in [3.05, 3.63) is 41.4 Å². The lowest BCUT2D eigenvalue weighted by atomic mass is 10.1. The van der Waals surface area contributed by atoms with Crippen molar-refractivity contribution < 1.29 is 17.6 Å². The fraction of sp³-hybridized carbons (Fsp3) is 0.100. The maximum Gasteiger partial charge on any atom is 0.504 e. The van der Waals surface area contributed by atoms with Crippen molar-refractivity contribution in [1.82, 2.24) is 9.78 Å². The summed E-state index contributed by atoms with van der Waals surface area (Å²) >= 11 is 5.73. The van der Waals surface area contributed by atoms with E-state index in [-0.39, 0.29) is 15.3 Å². The van der Waals surface area contributed by atoms with Gasteiger partial charge in [0.05, 0.1) is 11.2 Å². The van der Waals surface area contributed by atoms with Crippen molar-refractivity contribution in [2.24, 2.45) is 0 Å². The molecule has 0 saturated heterocycles. The molecule has 1 heterocycles. The third-order valence-electron chi connectivity index (χ3n) is 2.08. The van der Waals surface area contributed by atoms with E-state index in [2.05, 4.69) is 5.10 Å². The minimum absolute atomic E-state index is 0.0340. The average molecular weight is 265 g/mol. The third kappa shape index (κ3) is 2.41. The fourth-order valence-electron chi connectivity index (χ4n) is 1.32. The Kier molecular flexibility index (Phi) is 2.82. The predicted molar refractivity (Wildman–Crippen MR) is 53.9 cm³/mol. The van der Waals surface area contributed by atoms with Gasteiger partial charge in [0.15, 0.2) is 0 Å². The van der Waals surface area contributed by atoms with Crippen LogP contribution in [-0.2, 0) is 6.30 Å². The van der Waals surface area contributed by atoms with Crippen molar-refractivity contribution in [1.29, 1.82) is 0 Å². The zero-order valence-corrected chi connectivity index (χ0v) is 8.93. The van der Waals surface area contributed by atoms with Gasteiger partial charge in [-0.3, -0.25) is 0 Å². The molecule has 7 heteroatoms. The van der Waals surface area contributed by atoms with E-state index in [1.54, 1.807) is 0 Å². The van der Waals surface area contributed by atoms with Crippen LogP contribution >= 0.6 is 11.6 Å². The lowest BCUT2D eigenvalue weighted by Crippen LogP contribution is -2.16. The summed E-state index contributed by atoms with van der Waals surface area (Å²) in [6.45, 7) is 0. The molecule has 90 valence electrons. The van der Waals surface area contributed by atoms with Crippen molar-refractivity contribution in [2.75, 3.05) is 0 Å². The van der Waals surface area contributed by atoms with Crippen LogP contribution in [0.25, 0.3) is 11.1 Å². The van der Waals surface area contributed by atoms with E-state index in [4.69, 9.17) is 11.6 Å². The molecule has 0 aliphatic rings. The highest BCUT2D eigenvalue weighted by Crippen LogP contribution is 2.30. The second kappa shape index (κ2) is 4.03. The minimum atomic E-state index is -4.58. The number of alkyl halides is 3. The van der Waals surface area contributed by atoms with Crippen LogP contribution in [0.15, 0.2) is 30.6 Å². The lowest BCUT2D eigenvalue weighted by molar-refractivity contribution is -0.212. The third-order valence-corrected chi connectivity index (χ3v) is 2.40. The van der Waals surface area contributed by atoms with Crippen LogP contribution in [-0.4, -0.2) is 9.78 Å². The van der Waals surface area contributed by atoms with Crippen LogP contribution in [0.3, 0.4) is 0 Å². The summed E-state index contributed by atoms with van der Waals surface area (Å²) in [5.41, 5.74) is 0.468.